The van der Waals surface area contributed by atoms with Crippen molar-refractivity contribution in [3.63, 3.8) is 0 Å². The number of rotatable bonds is 3. The molecule has 5 nitrogen and oxygen atoms in total. The smallest absolute Gasteiger partial charge is 0.228 e. The predicted molar refractivity (Wildman–Crippen MR) is 70.3 cm³/mol. The number of carbonyl (C=O) groups excluding carboxylic acids is 1. The number of nitrogens with zero attached hydrogens (tertiary/aromatic N) is 2. The Morgan fingerprint density at radius 2 is 2.39 bits per heavy atom. The van der Waals surface area contributed by atoms with E-state index in [1.165, 1.54) is 0 Å². The quantitative estimate of drug-likeness (QED) is 0.832. The first kappa shape index (κ1) is 12.4. The van der Waals surface area contributed by atoms with Gasteiger partial charge in [-0.25, -0.2) is 0 Å². The molecule has 1 saturated heterocycles. The molecule has 1 aliphatic rings. The average molecular weight is 244 g/mol. The second-order valence-corrected chi connectivity index (χ2v) is 4.34. The van der Waals surface area contributed by atoms with Crippen LogP contribution >= 0.6 is 0 Å². The van der Waals surface area contributed by atoms with Crippen molar-refractivity contribution in [2.75, 3.05) is 23.3 Å². The molecule has 94 valence electrons. The number of carbonyl (C=O) groups is 1. The zero-order valence-corrected chi connectivity index (χ0v) is 10.3. The van der Waals surface area contributed by atoms with E-state index in [1.54, 1.807) is 17.0 Å². The highest BCUT2D eigenvalue weighted by Crippen LogP contribution is 2.30. The van der Waals surface area contributed by atoms with Gasteiger partial charge in [0.15, 0.2) is 0 Å². The number of nitriles is 1. The molecular formula is C13H16N4O. The molecule has 3 N–H and O–H groups in total. The standard InChI is InChI=1S/C13H16N4O/c1-2-16-11-4-3-9(7-14)5-12(11)17-8-10(15)6-13(17)18/h3-5,10,16H,2,6,8,15H2,1H3. The maximum absolute atomic E-state index is 11.9. The Hall–Kier alpha value is -2.06. The Labute approximate surface area is 106 Å². The number of benzene rings is 1. The Bertz CT molecular complexity index is 506. The van der Waals surface area contributed by atoms with Crippen LogP contribution < -0.4 is 16.0 Å². The minimum Gasteiger partial charge on any atom is -0.384 e. The number of nitrogens with two attached hydrogens (primary N) is 1. The summed E-state index contributed by atoms with van der Waals surface area (Å²) in [6.07, 6.45) is 0.363. The van der Waals surface area contributed by atoms with E-state index in [0.717, 1.165) is 17.9 Å². The summed E-state index contributed by atoms with van der Waals surface area (Å²) in [6, 6.07) is 7.26. The highest BCUT2D eigenvalue weighted by molar-refractivity contribution is 5.99. The summed E-state index contributed by atoms with van der Waals surface area (Å²) in [5.41, 5.74) is 7.95. The molecule has 0 aromatic heterocycles. The number of hydrogen-bond acceptors (Lipinski definition) is 4. The highest BCUT2D eigenvalue weighted by atomic mass is 16.2. The molecule has 2 rings (SSSR count). The summed E-state index contributed by atoms with van der Waals surface area (Å²) in [7, 11) is 0. The van der Waals surface area contributed by atoms with Crippen molar-refractivity contribution in [1.82, 2.24) is 0 Å². The summed E-state index contributed by atoms with van der Waals surface area (Å²) in [6.45, 7) is 3.25. The maximum Gasteiger partial charge on any atom is 0.228 e. The van der Waals surface area contributed by atoms with Gasteiger partial charge in [-0.1, -0.05) is 0 Å². The van der Waals surface area contributed by atoms with Gasteiger partial charge in [-0.3, -0.25) is 4.79 Å². The van der Waals surface area contributed by atoms with Gasteiger partial charge in [-0.2, -0.15) is 5.26 Å². The monoisotopic (exact) mass is 244 g/mol. The van der Waals surface area contributed by atoms with Gasteiger partial charge in [0, 0.05) is 25.6 Å². The van der Waals surface area contributed by atoms with E-state index in [1.807, 2.05) is 13.0 Å². The highest BCUT2D eigenvalue weighted by Gasteiger charge is 2.29. The molecule has 1 atom stereocenters. The Morgan fingerprint density at radius 1 is 1.61 bits per heavy atom. The van der Waals surface area contributed by atoms with Gasteiger partial charge in [-0.15, -0.1) is 0 Å². The lowest BCUT2D eigenvalue weighted by Crippen LogP contribution is -2.28. The van der Waals surface area contributed by atoms with Gasteiger partial charge in [-0.05, 0) is 25.1 Å². The van der Waals surface area contributed by atoms with Crippen molar-refractivity contribution in [1.29, 1.82) is 5.26 Å². The average Bonchev–Trinajstić information content (AvgIpc) is 2.69. The van der Waals surface area contributed by atoms with Gasteiger partial charge < -0.3 is 16.0 Å². The van der Waals surface area contributed by atoms with Crippen LogP contribution in [-0.2, 0) is 4.79 Å². The molecule has 5 heteroatoms. The zero-order chi connectivity index (χ0) is 13.1. The van der Waals surface area contributed by atoms with Gasteiger partial charge in [0.25, 0.3) is 0 Å². The van der Waals surface area contributed by atoms with Gasteiger partial charge in [0.1, 0.15) is 0 Å². The molecule has 1 fully saturated rings. The van der Waals surface area contributed by atoms with Crippen LogP contribution in [0.2, 0.25) is 0 Å². The second kappa shape index (κ2) is 5.07. The van der Waals surface area contributed by atoms with Crippen molar-refractivity contribution >= 4 is 17.3 Å². The first-order chi connectivity index (χ1) is 8.65. The summed E-state index contributed by atoms with van der Waals surface area (Å²) >= 11 is 0. The maximum atomic E-state index is 11.9. The normalized spacial score (nSPS) is 18.8. The Balaban J connectivity index is 2.40. The first-order valence-corrected chi connectivity index (χ1v) is 5.99. The molecule has 18 heavy (non-hydrogen) atoms. The zero-order valence-electron chi connectivity index (χ0n) is 10.3. The Kier molecular flexibility index (Phi) is 3.49. The fourth-order valence-electron chi connectivity index (χ4n) is 2.13. The van der Waals surface area contributed by atoms with Gasteiger partial charge >= 0.3 is 0 Å². The minimum absolute atomic E-state index is 0.0109. The lowest BCUT2D eigenvalue weighted by Gasteiger charge is -2.20. The molecule has 1 aromatic rings. The molecule has 0 bridgehead atoms. The van der Waals surface area contributed by atoms with E-state index < -0.39 is 0 Å². The van der Waals surface area contributed by atoms with Gasteiger partial charge in [0.2, 0.25) is 5.91 Å². The van der Waals surface area contributed by atoms with Crippen LogP contribution in [0, 0.1) is 11.3 Å². The largest absolute Gasteiger partial charge is 0.384 e. The molecule has 0 spiro atoms. The molecule has 1 aliphatic heterocycles. The summed E-state index contributed by atoms with van der Waals surface area (Å²) in [4.78, 5) is 13.5. The van der Waals surface area contributed by atoms with Crippen molar-refractivity contribution in [3.05, 3.63) is 23.8 Å². The van der Waals surface area contributed by atoms with Crippen LogP contribution in [0.25, 0.3) is 0 Å². The van der Waals surface area contributed by atoms with E-state index in [-0.39, 0.29) is 11.9 Å². The van der Waals surface area contributed by atoms with E-state index >= 15 is 0 Å². The number of hydrogen-bond donors (Lipinski definition) is 2. The summed E-state index contributed by atoms with van der Waals surface area (Å²) in [5, 5.41) is 12.1. The fourth-order valence-corrected chi connectivity index (χ4v) is 2.13. The van der Waals surface area contributed by atoms with Crippen LogP contribution in [-0.4, -0.2) is 25.0 Å². The number of anilines is 2. The molecule has 0 radical (unpaired) electrons. The van der Waals surface area contributed by atoms with Crippen molar-refractivity contribution in [2.45, 2.75) is 19.4 Å². The van der Waals surface area contributed by atoms with Crippen LogP contribution in [0.1, 0.15) is 18.9 Å². The summed E-state index contributed by atoms with van der Waals surface area (Å²) < 4.78 is 0. The third kappa shape index (κ3) is 2.29. The lowest BCUT2D eigenvalue weighted by atomic mass is 10.1. The molecule has 1 unspecified atom stereocenters. The van der Waals surface area contributed by atoms with E-state index in [2.05, 4.69) is 11.4 Å². The van der Waals surface area contributed by atoms with E-state index in [9.17, 15) is 4.79 Å². The number of amides is 1. The van der Waals surface area contributed by atoms with E-state index in [0.29, 0.717) is 18.5 Å². The molecule has 1 heterocycles. The molecule has 1 aromatic carbocycles. The third-order valence-electron chi connectivity index (χ3n) is 2.94. The van der Waals surface area contributed by atoms with Crippen LogP contribution in [0.5, 0.6) is 0 Å². The SMILES string of the molecule is CCNc1ccc(C#N)cc1N1CC(N)CC1=O. The molecular weight excluding hydrogens is 228 g/mol. The Morgan fingerprint density at radius 3 is 2.94 bits per heavy atom. The van der Waals surface area contributed by atoms with Crippen molar-refractivity contribution in [2.24, 2.45) is 5.73 Å². The fraction of sp³-hybridized carbons (Fsp3) is 0.385. The topological polar surface area (TPSA) is 82.2 Å². The second-order valence-electron chi connectivity index (χ2n) is 4.34. The molecule has 0 aliphatic carbocycles. The lowest BCUT2D eigenvalue weighted by molar-refractivity contribution is -0.117. The van der Waals surface area contributed by atoms with Crippen LogP contribution in [0.15, 0.2) is 18.2 Å². The molecule has 1 amide bonds. The summed E-state index contributed by atoms with van der Waals surface area (Å²) in [5.74, 6) is 0.0109. The van der Waals surface area contributed by atoms with Crippen molar-refractivity contribution in [3.8, 4) is 6.07 Å². The minimum atomic E-state index is -0.127. The predicted octanol–water partition coefficient (Wildman–Crippen LogP) is 1.05. The van der Waals surface area contributed by atoms with Crippen LogP contribution in [0.4, 0.5) is 11.4 Å². The van der Waals surface area contributed by atoms with Crippen LogP contribution in [0.3, 0.4) is 0 Å². The van der Waals surface area contributed by atoms with E-state index in [4.69, 9.17) is 11.0 Å². The van der Waals surface area contributed by atoms with Gasteiger partial charge in [0.05, 0.1) is 23.0 Å². The first-order valence-electron chi connectivity index (χ1n) is 5.99. The molecule has 0 saturated carbocycles. The third-order valence-corrected chi connectivity index (χ3v) is 2.94. The number of nitrogens with one attached hydrogen (secondary N) is 1. The van der Waals surface area contributed by atoms with Crippen molar-refractivity contribution < 1.29 is 4.79 Å².